The maximum absolute atomic E-state index is 10.6. The first-order valence-corrected chi connectivity index (χ1v) is 13.6. The Bertz CT molecular complexity index is 1650. The van der Waals surface area contributed by atoms with Crippen molar-refractivity contribution in [1.29, 1.82) is 0 Å². The van der Waals surface area contributed by atoms with E-state index in [1.54, 1.807) is 12.4 Å². The number of aliphatic carboxylic acids is 3. The Hall–Kier alpha value is -5.38. The van der Waals surface area contributed by atoms with Gasteiger partial charge in [-0.15, -0.1) is 5.10 Å². The van der Waals surface area contributed by atoms with Crippen LogP contribution in [0.2, 0.25) is 0 Å². The fraction of sp³-hybridized carbons (Fsp3) is 0.321. The van der Waals surface area contributed by atoms with Crippen LogP contribution in [0.3, 0.4) is 0 Å². The van der Waals surface area contributed by atoms with Gasteiger partial charge in [-0.05, 0) is 42.9 Å². The second kappa shape index (κ2) is 17.3. The van der Waals surface area contributed by atoms with Gasteiger partial charge < -0.3 is 15.3 Å². The molecule has 0 bridgehead atoms. The van der Waals surface area contributed by atoms with E-state index in [2.05, 4.69) is 55.3 Å². The van der Waals surface area contributed by atoms with Gasteiger partial charge in [0.1, 0.15) is 5.69 Å². The highest BCUT2D eigenvalue weighted by atomic mass is 19.4. The van der Waals surface area contributed by atoms with Gasteiger partial charge in [-0.25, -0.2) is 18.9 Å². The van der Waals surface area contributed by atoms with E-state index in [0.717, 1.165) is 54.2 Å². The summed E-state index contributed by atoms with van der Waals surface area (Å²) in [6.07, 6.45) is -7.75. The predicted molar refractivity (Wildman–Crippen MR) is 152 cm³/mol. The molecule has 13 nitrogen and oxygen atoms in total. The summed E-state index contributed by atoms with van der Waals surface area (Å²) in [5, 5.41) is 30.4. The number of rotatable bonds is 4. The molecular formula is C28H26F9N7O6. The third-order valence-corrected chi connectivity index (χ3v) is 6.34. The molecule has 1 atom stereocenters. The zero-order chi connectivity index (χ0) is 37.9. The van der Waals surface area contributed by atoms with E-state index in [1.807, 2.05) is 41.2 Å². The van der Waals surface area contributed by atoms with Crippen molar-refractivity contribution in [3.8, 4) is 11.1 Å². The molecule has 22 heteroatoms. The van der Waals surface area contributed by atoms with Crippen LogP contribution in [0, 0.1) is 0 Å². The Kier molecular flexibility index (Phi) is 14.1. The van der Waals surface area contributed by atoms with E-state index < -0.39 is 36.4 Å². The molecule has 1 unspecified atom stereocenters. The van der Waals surface area contributed by atoms with E-state index in [1.165, 1.54) is 0 Å². The monoisotopic (exact) mass is 727 g/mol. The summed E-state index contributed by atoms with van der Waals surface area (Å²) in [6.45, 7) is 3.78. The lowest BCUT2D eigenvalue weighted by Gasteiger charge is -2.38. The van der Waals surface area contributed by atoms with Crippen LogP contribution in [-0.4, -0.2) is 113 Å². The van der Waals surface area contributed by atoms with E-state index in [9.17, 15) is 39.5 Å². The maximum atomic E-state index is 10.6. The number of nitrogens with zero attached hydrogens (tertiary/aromatic N) is 7. The Morgan fingerprint density at radius 2 is 1.30 bits per heavy atom. The molecule has 0 spiro atoms. The van der Waals surface area contributed by atoms with Crippen LogP contribution in [0.4, 0.5) is 39.5 Å². The molecule has 4 aromatic rings. The van der Waals surface area contributed by atoms with Crippen LogP contribution >= 0.6 is 0 Å². The van der Waals surface area contributed by atoms with Crippen molar-refractivity contribution < 1.29 is 69.2 Å². The van der Waals surface area contributed by atoms with Crippen LogP contribution in [0.25, 0.3) is 16.6 Å². The fourth-order valence-corrected chi connectivity index (χ4v) is 3.96. The van der Waals surface area contributed by atoms with Crippen LogP contribution in [0.15, 0.2) is 67.3 Å². The molecule has 3 N–H and O–H groups in total. The summed E-state index contributed by atoms with van der Waals surface area (Å²) in [4.78, 5) is 40.1. The Morgan fingerprint density at radius 3 is 1.78 bits per heavy atom. The van der Waals surface area contributed by atoms with Crippen LogP contribution in [-0.2, 0) is 20.9 Å². The standard InChI is InChI=1S/C22H23N7.3C2HF3O2/c1-27-12-13-28(15-19-4-2-3-9-24-19)16-21(27)22-20-6-5-18(14-29(20)26-25-22)17-7-10-23-11-8-17;3*3-2(4,5)1(6)7/h2-11,14,21H,12-13,15-16H2,1H3;3*(H,6,7). The largest absolute Gasteiger partial charge is 0.490 e. The molecule has 0 radical (unpaired) electrons. The van der Waals surface area contributed by atoms with Gasteiger partial charge in [0, 0.05) is 56.5 Å². The number of hydrogen-bond acceptors (Lipinski definition) is 9. The summed E-state index contributed by atoms with van der Waals surface area (Å²) in [6, 6.07) is 14.6. The van der Waals surface area contributed by atoms with Crippen molar-refractivity contribution in [2.24, 2.45) is 0 Å². The Labute approximate surface area is 275 Å². The molecule has 1 saturated heterocycles. The number of halogens is 9. The van der Waals surface area contributed by atoms with E-state index in [4.69, 9.17) is 29.7 Å². The maximum Gasteiger partial charge on any atom is 0.490 e. The van der Waals surface area contributed by atoms with Crippen molar-refractivity contribution in [1.82, 2.24) is 34.6 Å². The average molecular weight is 728 g/mol. The second-order valence-electron chi connectivity index (χ2n) is 9.92. The summed E-state index contributed by atoms with van der Waals surface area (Å²) in [5.74, 6) is -8.27. The highest BCUT2D eigenvalue weighted by Crippen LogP contribution is 2.28. The number of carbonyl (C=O) groups is 3. The molecule has 0 saturated carbocycles. The minimum Gasteiger partial charge on any atom is -0.475 e. The third-order valence-electron chi connectivity index (χ3n) is 6.34. The lowest BCUT2D eigenvalue weighted by molar-refractivity contribution is -0.193. The van der Waals surface area contributed by atoms with E-state index in [-0.39, 0.29) is 6.04 Å². The van der Waals surface area contributed by atoms with Crippen molar-refractivity contribution in [3.05, 3.63) is 78.6 Å². The average Bonchev–Trinajstić information content (AvgIpc) is 3.46. The van der Waals surface area contributed by atoms with Gasteiger partial charge >= 0.3 is 36.4 Å². The molecule has 0 aromatic carbocycles. The summed E-state index contributed by atoms with van der Waals surface area (Å²) < 4.78 is 97.1. The highest BCUT2D eigenvalue weighted by molar-refractivity contribution is 5.73. The van der Waals surface area contributed by atoms with Gasteiger partial charge in [-0.3, -0.25) is 19.8 Å². The van der Waals surface area contributed by atoms with Crippen molar-refractivity contribution >= 4 is 23.4 Å². The number of likely N-dealkylation sites (N-methyl/N-ethyl adjacent to an activating group) is 1. The van der Waals surface area contributed by atoms with E-state index >= 15 is 0 Å². The first kappa shape index (κ1) is 40.8. The van der Waals surface area contributed by atoms with Gasteiger partial charge in [0.05, 0.1) is 17.3 Å². The number of piperazine rings is 1. The van der Waals surface area contributed by atoms with Gasteiger partial charge in [-0.1, -0.05) is 17.3 Å². The van der Waals surface area contributed by atoms with Crippen molar-refractivity contribution in [2.75, 3.05) is 26.7 Å². The molecule has 1 fully saturated rings. The number of fused-ring (bicyclic) bond motifs is 1. The Morgan fingerprint density at radius 1 is 0.760 bits per heavy atom. The van der Waals surface area contributed by atoms with Gasteiger partial charge in [0.25, 0.3) is 0 Å². The summed E-state index contributed by atoms with van der Waals surface area (Å²) >= 11 is 0. The molecule has 0 aliphatic carbocycles. The Balaban J connectivity index is 0.000000338. The quantitative estimate of drug-likeness (QED) is 0.250. The molecule has 0 amide bonds. The SMILES string of the molecule is CN1CCN(Cc2ccccn2)CC1c1nnn2cc(-c3ccncc3)ccc12.O=C(O)C(F)(F)F.O=C(O)C(F)(F)F.O=C(O)C(F)(F)F. The molecule has 5 heterocycles. The van der Waals surface area contributed by atoms with Crippen LogP contribution in [0.1, 0.15) is 17.4 Å². The normalized spacial score (nSPS) is 15.4. The molecule has 5 rings (SSSR count). The lowest BCUT2D eigenvalue weighted by Crippen LogP contribution is -2.46. The van der Waals surface area contributed by atoms with Gasteiger partial charge in [0.2, 0.25) is 0 Å². The minimum absolute atomic E-state index is 0.205. The number of pyridine rings is 3. The number of carboxylic acids is 3. The molecule has 1 aliphatic rings. The van der Waals surface area contributed by atoms with Crippen molar-refractivity contribution in [2.45, 2.75) is 31.1 Å². The number of aromatic nitrogens is 5. The predicted octanol–water partition coefficient (Wildman–Crippen LogP) is 4.57. The third kappa shape index (κ3) is 12.9. The van der Waals surface area contributed by atoms with Crippen LogP contribution < -0.4 is 0 Å². The number of hydrogen-bond donors (Lipinski definition) is 3. The lowest BCUT2D eigenvalue weighted by atomic mass is 10.1. The topological polar surface area (TPSA) is 174 Å². The zero-order valence-electron chi connectivity index (χ0n) is 25.4. The molecular weight excluding hydrogens is 701 g/mol. The summed E-state index contributed by atoms with van der Waals surface area (Å²) in [5.41, 5.74) is 5.41. The first-order chi connectivity index (χ1) is 23.1. The highest BCUT2D eigenvalue weighted by Gasteiger charge is 2.39. The number of carboxylic acid groups (broad SMARTS) is 3. The summed E-state index contributed by atoms with van der Waals surface area (Å²) in [7, 11) is 2.17. The smallest absolute Gasteiger partial charge is 0.475 e. The molecule has 272 valence electrons. The van der Waals surface area contributed by atoms with Gasteiger partial charge in [0.15, 0.2) is 0 Å². The molecule has 50 heavy (non-hydrogen) atoms. The van der Waals surface area contributed by atoms with Crippen molar-refractivity contribution in [3.63, 3.8) is 0 Å². The molecule has 4 aromatic heterocycles. The minimum atomic E-state index is -5.08. The van der Waals surface area contributed by atoms with E-state index in [0.29, 0.717) is 0 Å². The van der Waals surface area contributed by atoms with Crippen LogP contribution in [0.5, 0.6) is 0 Å². The number of alkyl halides is 9. The molecule has 1 aliphatic heterocycles. The zero-order valence-corrected chi connectivity index (χ0v) is 25.4. The second-order valence-corrected chi connectivity index (χ2v) is 9.92. The fourth-order valence-electron chi connectivity index (χ4n) is 3.96. The first-order valence-electron chi connectivity index (χ1n) is 13.6. The van der Waals surface area contributed by atoms with Gasteiger partial charge in [-0.2, -0.15) is 39.5 Å².